The molecule has 1 amide bonds. The van der Waals surface area contributed by atoms with Gasteiger partial charge in [-0.05, 0) is 35.7 Å². The third-order valence-electron chi connectivity index (χ3n) is 4.93. The highest BCUT2D eigenvalue weighted by Crippen LogP contribution is 2.33. The zero-order valence-electron chi connectivity index (χ0n) is 17.6. The molecule has 0 radical (unpaired) electrons. The van der Waals surface area contributed by atoms with Crippen LogP contribution in [0.25, 0.3) is 15.9 Å². The standard InChI is InChI=1S/C23H19N3O5S2/c1-29-17-5-3-2-4-16(17)26-22(28)21-15(8-11-32-21)25-23(26)33-13-20(27)24-14-6-7-18-19(12-14)31-10-9-30-18/h2-8,11-12H,9-10,13H2,1H3,(H,24,27). The molecule has 0 unspecified atom stereocenters. The number of carbonyl (C=O) groups is 1. The van der Waals surface area contributed by atoms with E-state index in [0.29, 0.717) is 57.2 Å². The maximum atomic E-state index is 13.3. The number of carbonyl (C=O) groups excluding carboxylic acids is 1. The topological polar surface area (TPSA) is 91.7 Å². The molecule has 0 bridgehead atoms. The Balaban J connectivity index is 1.42. The Bertz CT molecular complexity index is 1400. The lowest BCUT2D eigenvalue weighted by Crippen LogP contribution is -2.22. The van der Waals surface area contributed by atoms with E-state index in [-0.39, 0.29) is 17.2 Å². The number of thiophene rings is 1. The number of methoxy groups -OCH3 is 1. The predicted molar refractivity (Wildman–Crippen MR) is 129 cm³/mol. The minimum Gasteiger partial charge on any atom is -0.495 e. The van der Waals surface area contributed by atoms with Gasteiger partial charge in [-0.1, -0.05) is 23.9 Å². The summed E-state index contributed by atoms with van der Waals surface area (Å²) in [5.74, 6) is 1.62. The van der Waals surface area contributed by atoms with Crippen LogP contribution < -0.4 is 25.1 Å². The van der Waals surface area contributed by atoms with Crippen LogP contribution in [0.15, 0.2) is 63.9 Å². The molecule has 5 rings (SSSR count). The number of amides is 1. The quantitative estimate of drug-likeness (QED) is 0.329. The van der Waals surface area contributed by atoms with Gasteiger partial charge < -0.3 is 19.5 Å². The number of hydrogen-bond donors (Lipinski definition) is 1. The second-order valence-corrected chi connectivity index (χ2v) is 8.90. The van der Waals surface area contributed by atoms with Crippen molar-refractivity contribution in [2.24, 2.45) is 0 Å². The number of ether oxygens (including phenoxy) is 3. The third kappa shape index (κ3) is 4.27. The summed E-state index contributed by atoms with van der Waals surface area (Å²) in [6.07, 6.45) is 0. The maximum Gasteiger partial charge on any atom is 0.276 e. The molecular formula is C23H19N3O5S2. The van der Waals surface area contributed by atoms with Crippen LogP contribution in [0.2, 0.25) is 0 Å². The van der Waals surface area contributed by atoms with Gasteiger partial charge in [-0.15, -0.1) is 11.3 Å². The number of rotatable bonds is 6. The van der Waals surface area contributed by atoms with Gasteiger partial charge in [0.1, 0.15) is 23.7 Å². The average Bonchev–Trinajstić information content (AvgIpc) is 3.32. The highest BCUT2D eigenvalue weighted by atomic mass is 32.2. The number of anilines is 1. The molecule has 10 heteroatoms. The number of fused-ring (bicyclic) bond motifs is 2. The molecule has 0 saturated carbocycles. The van der Waals surface area contributed by atoms with E-state index in [9.17, 15) is 9.59 Å². The van der Waals surface area contributed by atoms with Crippen LogP contribution in [-0.4, -0.2) is 41.5 Å². The average molecular weight is 482 g/mol. The lowest BCUT2D eigenvalue weighted by Gasteiger charge is -2.19. The smallest absolute Gasteiger partial charge is 0.276 e. The van der Waals surface area contributed by atoms with Crippen LogP contribution in [0.4, 0.5) is 5.69 Å². The first-order chi connectivity index (χ1) is 16.1. The first-order valence-corrected chi connectivity index (χ1v) is 12.0. The predicted octanol–water partition coefficient (Wildman–Crippen LogP) is 3.96. The molecule has 4 aromatic rings. The Kier molecular flexibility index (Phi) is 5.93. The summed E-state index contributed by atoms with van der Waals surface area (Å²) in [4.78, 5) is 30.6. The third-order valence-corrected chi connectivity index (χ3v) is 6.76. The van der Waals surface area contributed by atoms with Crippen LogP contribution in [0.3, 0.4) is 0 Å². The molecule has 168 valence electrons. The van der Waals surface area contributed by atoms with Gasteiger partial charge in [-0.3, -0.25) is 14.2 Å². The number of thioether (sulfide) groups is 1. The van der Waals surface area contributed by atoms with Crippen LogP contribution >= 0.6 is 23.1 Å². The highest BCUT2D eigenvalue weighted by molar-refractivity contribution is 7.99. The molecular weight excluding hydrogens is 462 g/mol. The van der Waals surface area contributed by atoms with E-state index in [0.717, 1.165) is 0 Å². The summed E-state index contributed by atoms with van der Waals surface area (Å²) >= 11 is 2.52. The molecule has 0 aliphatic carbocycles. The summed E-state index contributed by atoms with van der Waals surface area (Å²) in [6.45, 7) is 0.974. The number of nitrogens with zero attached hydrogens (tertiary/aromatic N) is 2. The minimum absolute atomic E-state index is 0.0612. The van der Waals surface area contributed by atoms with Crippen molar-refractivity contribution in [1.82, 2.24) is 9.55 Å². The molecule has 0 atom stereocenters. The fraction of sp³-hybridized carbons (Fsp3) is 0.174. The number of aromatic nitrogens is 2. The summed E-state index contributed by atoms with van der Waals surface area (Å²) in [5, 5.41) is 5.10. The normalized spacial score (nSPS) is 12.5. The van der Waals surface area contributed by atoms with Crippen molar-refractivity contribution >= 4 is 44.9 Å². The van der Waals surface area contributed by atoms with E-state index >= 15 is 0 Å². The molecule has 0 saturated heterocycles. The zero-order chi connectivity index (χ0) is 22.8. The van der Waals surface area contributed by atoms with Crippen molar-refractivity contribution in [1.29, 1.82) is 0 Å². The number of benzene rings is 2. The Morgan fingerprint density at radius 3 is 2.85 bits per heavy atom. The van der Waals surface area contributed by atoms with Crippen molar-refractivity contribution in [3.63, 3.8) is 0 Å². The second-order valence-electron chi connectivity index (χ2n) is 7.04. The molecule has 2 aromatic carbocycles. The number of nitrogens with one attached hydrogen (secondary N) is 1. The summed E-state index contributed by atoms with van der Waals surface area (Å²) in [7, 11) is 1.55. The molecule has 33 heavy (non-hydrogen) atoms. The van der Waals surface area contributed by atoms with Crippen LogP contribution in [-0.2, 0) is 4.79 Å². The molecule has 0 fully saturated rings. The van der Waals surface area contributed by atoms with E-state index in [1.54, 1.807) is 43.5 Å². The SMILES string of the molecule is COc1ccccc1-n1c(SCC(=O)Nc2ccc3c(c2)OCCO3)nc2ccsc2c1=O. The van der Waals surface area contributed by atoms with Crippen LogP contribution in [0.1, 0.15) is 0 Å². The van der Waals surface area contributed by atoms with Crippen molar-refractivity contribution < 1.29 is 19.0 Å². The Labute approximate surface area is 197 Å². The lowest BCUT2D eigenvalue weighted by atomic mass is 10.2. The van der Waals surface area contributed by atoms with Gasteiger partial charge in [-0.2, -0.15) is 0 Å². The van der Waals surface area contributed by atoms with Crippen molar-refractivity contribution in [3.05, 3.63) is 64.3 Å². The lowest BCUT2D eigenvalue weighted by molar-refractivity contribution is -0.113. The Hall–Kier alpha value is -3.50. The molecule has 1 aliphatic heterocycles. The summed E-state index contributed by atoms with van der Waals surface area (Å²) in [5.41, 5.74) is 1.58. The number of hydrogen-bond acceptors (Lipinski definition) is 8. The van der Waals surface area contributed by atoms with Gasteiger partial charge in [0.05, 0.1) is 24.1 Å². The van der Waals surface area contributed by atoms with Gasteiger partial charge in [0.25, 0.3) is 5.56 Å². The molecule has 8 nitrogen and oxygen atoms in total. The van der Waals surface area contributed by atoms with Crippen LogP contribution in [0, 0.1) is 0 Å². The molecule has 3 heterocycles. The molecule has 2 aromatic heterocycles. The maximum absolute atomic E-state index is 13.3. The van der Waals surface area contributed by atoms with E-state index in [1.165, 1.54) is 27.7 Å². The number of para-hydroxylation sites is 2. The fourth-order valence-corrected chi connectivity index (χ4v) is 5.03. The van der Waals surface area contributed by atoms with Crippen molar-refractivity contribution in [3.8, 4) is 22.9 Å². The van der Waals surface area contributed by atoms with Gasteiger partial charge in [0.2, 0.25) is 5.91 Å². The van der Waals surface area contributed by atoms with E-state index < -0.39 is 0 Å². The molecule has 0 spiro atoms. The van der Waals surface area contributed by atoms with Gasteiger partial charge >= 0.3 is 0 Å². The highest BCUT2D eigenvalue weighted by Gasteiger charge is 2.18. The van der Waals surface area contributed by atoms with Gasteiger partial charge in [0.15, 0.2) is 16.7 Å². The van der Waals surface area contributed by atoms with E-state index in [2.05, 4.69) is 10.3 Å². The zero-order valence-corrected chi connectivity index (χ0v) is 19.2. The van der Waals surface area contributed by atoms with E-state index in [4.69, 9.17) is 14.2 Å². The van der Waals surface area contributed by atoms with Gasteiger partial charge in [0, 0.05) is 11.8 Å². The Morgan fingerprint density at radius 2 is 2.00 bits per heavy atom. The first-order valence-electron chi connectivity index (χ1n) is 10.1. The molecule has 1 N–H and O–H groups in total. The largest absolute Gasteiger partial charge is 0.495 e. The van der Waals surface area contributed by atoms with Gasteiger partial charge in [-0.25, -0.2) is 4.98 Å². The monoisotopic (exact) mass is 481 g/mol. The Morgan fingerprint density at radius 1 is 1.18 bits per heavy atom. The fourth-order valence-electron chi connectivity index (χ4n) is 3.46. The van der Waals surface area contributed by atoms with Crippen molar-refractivity contribution in [2.75, 3.05) is 31.4 Å². The van der Waals surface area contributed by atoms with Crippen LogP contribution in [0.5, 0.6) is 17.2 Å². The first kappa shape index (κ1) is 21.4. The second kappa shape index (κ2) is 9.16. The minimum atomic E-state index is -0.233. The molecule has 1 aliphatic rings. The summed E-state index contributed by atoms with van der Waals surface area (Å²) in [6, 6.07) is 14.3. The van der Waals surface area contributed by atoms with Crippen molar-refractivity contribution in [2.45, 2.75) is 5.16 Å². The van der Waals surface area contributed by atoms with E-state index in [1.807, 2.05) is 17.5 Å². The summed E-state index contributed by atoms with van der Waals surface area (Å²) < 4.78 is 18.6.